The lowest BCUT2D eigenvalue weighted by Gasteiger charge is -2.32. The Bertz CT molecular complexity index is 773. The van der Waals surface area contributed by atoms with Crippen LogP contribution in [0.15, 0.2) is 36.4 Å². The van der Waals surface area contributed by atoms with Crippen LogP contribution < -0.4 is 5.32 Å². The first-order valence-corrected chi connectivity index (χ1v) is 10.2. The second-order valence-electron chi connectivity index (χ2n) is 6.56. The zero-order valence-corrected chi connectivity index (χ0v) is 16.8. The van der Waals surface area contributed by atoms with Gasteiger partial charge in [-0.15, -0.1) is 11.3 Å². The topological polar surface area (TPSA) is 41.6 Å². The molecule has 0 radical (unpaired) electrons. The summed E-state index contributed by atoms with van der Waals surface area (Å²) in [5, 5.41) is 4.74. The molecule has 0 spiro atoms. The van der Waals surface area contributed by atoms with Gasteiger partial charge in [-0.25, -0.2) is 4.79 Å². The number of thiocarbonyl (C=S) groups is 1. The number of rotatable bonds is 4. The van der Waals surface area contributed by atoms with Crippen molar-refractivity contribution in [3.8, 4) is 10.4 Å². The summed E-state index contributed by atoms with van der Waals surface area (Å²) in [6.45, 7) is 6.33. The van der Waals surface area contributed by atoms with E-state index < -0.39 is 0 Å². The molecule has 1 saturated heterocycles. The number of piperidine rings is 1. The van der Waals surface area contributed by atoms with Gasteiger partial charge < -0.3 is 15.0 Å². The van der Waals surface area contributed by atoms with Gasteiger partial charge in [0.1, 0.15) is 5.00 Å². The molecule has 0 saturated carbocycles. The molecule has 1 N–H and O–H groups in total. The molecule has 1 aliphatic rings. The lowest BCUT2D eigenvalue weighted by Crippen LogP contribution is -2.41. The fourth-order valence-corrected chi connectivity index (χ4v) is 4.52. The van der Waals surface area contributed by atoms with Crippen LogP contribution in [0.3, 0.4) is 0 Å². The molecule has 26 heavy (non-hydrogen) atoms. The van der Waals surface area contributed by atoms with Crippen LogP contribution in [0.25, 0.3) is 10.4 Å². The normalized spacial score (nSPS) is 17.0. The van der Waals surface area contributed by atoms with Gasteiger partial charge in [-0.1, -0.05) is 37.3 Å². The lowest BCUT2D eigenvalue weighted by molar-refractivity contribution is 0.0528. The van der Waals surface area contributed by atoms with Crippen LogP contribution in [-0.4, -0.2) is 35.7 Å². The first-order chi connectivity index (χ1) is 12.6. The van der Waals surface area contributed by atoms with E-state index in [4.69, 9.17) is 17.0 Å². The van der Waals surface area contributed by atoms with Crippen molar-refractivity contribution in [1.29, 1.82) is 0 Å². The van der Waals surface area contributed by atoms with Crippen molar-refractivity contribution in [3.63, 3.8) is 0 Å². The Morgan fingerprint density at radius 3 is 2.85 bits per heavy atom. The number of ether oxygens (including phenoxy) is 1. The van der Waals surface area contributed by atoms with Gasteiger partial charge in [-0.3, -0.25) is 0 Å². The third kappa shape index (κ3) is 4.43. The number of thiophene rings is 1. The largest absolute Gasteiger partial charge is 0.462 e. The van der Waals surface area contributed by atoms with Gasteiger partial charge in [0, 0.05) is 18.0 Å². The van der Waals surface area contributed by atoms with E-state index in [1.165, 1.54) is 17.8 Å². The van der Waals surface area contributed by atoms with Crippen LogP contribution in [-0.2, 0) is 4.74 Å². The molecule has 6 heteroatoms. The second kappa shape index (κ2) is 8.64. The smallest absolute Gasteiger partial charge is 0.341 e. The molecule has 3 rings (SSSR count). The molecule has 2 heterocycles. The highest BCUT2D eigenvalue weighted by molar-refractivity contribution is 7.80. The number of anilines is 1. The second-order valence-corrected chi connectivity index (χ2v) is 8.00. The van der Waals surface area contributed by atoms with Crippen molar-refractivity contribution in [2.24, 2.45) is 5.92 Å². The Hall–Kier alpha value is -1.92. The van der Waals surface area contributed by atoms with Crippen LogP contribution in [0.5, 0.6) is 0 Å². The van der Waals surface area contributed by atoms with Crippen LogP contribution in [0.4, 0.5) is 5.00 Å². The maximum absolute atomic E-state index is 12.4. The van der Waals surface area contributed by atoms with Crippen LogP contribution in [0.1, 0.15) is 37.0 Å². The summed E-state index contributed by atoms with van der Waals surface area (Å²) >= 11 is 7.15. The quantitative estimate of drug-likeness (QED) is 0.588. The van der Waals surface area contributed by atoms with Gasteiger partial charge in [0.2, 0.25) is 0 Å². The predicted molar refractivity (Wildman–Crippen MR) is 112 cm³/mol. The number of likely N-dealkylation sites (tertiary alicyclic amines) is 1. The summed E-state index contributed by atoms with van der Waals surface area (Å²) < 4.78 is 5.23. The van der Waals surface area contributed by atoms with E-state index in [0.29, 0.717) is 23.2 Å². The summed E-state index contributed by atoms with van der Waals surface area (Å²) in [5.41, 5.74) is 1.62. The van der Waals surface area contributed by atoms with Crippen LogP contribution in [0, 0.1) is 5.92 Å². The molecule has 1 aliphatic heterocycles. The molecule has 2 aromatic rings. The summed E-state index contributed by atoms with van der Waals surface area (Å²) in [4.78, 5) is 15.6. The molecule has 0 amide bonds. The van der Waals surface area contributed by atoms with Gasteiger partial charge in [-0.2, -0.15) is 0 Å². The average Bonchev–Trinajstić information content (AvgIpc) is 3.06. The van der Waals surface area contributed by atoms with E-state index in [2.05, 4.69) is 17.1 Å². The van der Waals surface area contributed by atoms with Crippen molar-refractivity contribution in [3.05, 3.63) is 42.0 Å². The summed E-state index contributed by atoms with van der Waals surface area (Å²) in [6.07, 6.45) is 2.39. The van der Waals surface area contributed by atoms with Gasteiger partial charge >= 0.3 is 5.97 Å². The molecule has 0 aliphatic carbocycles. The predicted octanol–water partition coefficient (Wildman–Crippen LogP) is 5.02. The molecule has 0 bridgehead atoms. The Kier molecular flexibility index (Phi) is 6.27. The van der Waals surface area contributed by atoms with Crippen molar-refractivity contribution in [2.75, 3.05) is 25.0 Å². The molecular formula is C20H24N2O2S2. The van der Waals surface area contributed by atoms with Crippen molar-refractivity contribution in [2.45, 2.75) is 26.7 Å². The standard InChI is InChI=1S/C20H24N2O2S2/c1-3-24-19(23)16-12-17(15-9-5-4-6-10-15)26-18(16)21-20(25)22-11-7-8-14(2)13-22/h4-6,9-10,12,14H,3,7-8,11,13H2,1-2H3,(H,21,25)/t14-/m0/s1. The minimum Gasteiger partial charge on any atom is -0.462 e. The SMILES string of the molecule is CCOC(=O)c1cc(-c2ccccc2)sc1NC(=S)N1CCC[C@H](C)C1. The van der Waals surface area contributed by atoms with Crippen LogP contribution in [0.2, 0.25) is 0 Å². The first kappa shape index (κ1) is 18.9. The summed E-state index contributed by atoms with van der Waals surface area (Å²) in [6, 6.07) is 11.9. The molecule has 1 fully saturated rings. The van der Waals surface area contributed by atoms with Crippen molar-refractivity contribution < 1.29 is 9.53 Å². The Labute approximate surface area is 164 Å². The molecule has 1 aromatic heterocycles. The minimum atomic E-state index is -0.316. The number of esters is 1. The highest BCUT2D eigenvalue weighted by atomic mass is 32.1. The van der Waals surface area contributed by atoms with E-state index in [9.17, 15) is 4.79 Å². The van der Waals surface area contributed by atoms with Gasteiger partial charge in [0.15, 0.2) is 5.11 Å². The molecule has 1 aromatic carbocycles. The third-order valence-corrected chi connectivity index (χ3v) is 5.91. The van der Waals surface area contributed by atoms with Crippen molar-refractivity contribution >= 4 is 39.6 Å². The Morgan fingerprint density at radius 2 is 2.15 bits per heavy atom. The maximum Gasteiger partial charge on any atom is 0.341 e. The van der Waals surface area contributed by atoms with E-state index >= 15 is 0 Å². The fourth-order valence-electron chi connectivity index (χ4n) is 3.14. The maximum atomic E-state index is 12.4. The average molecular weight is 389 g/mol. The third-order valence-electron chi connectivity index (χ3n) is 4.45. The zero-order valence-electron chi connectivity index (χ0n) is 15.2. The van der Waals surface area contributed by atoms with Gasteiger partial charge in [0.05, 0.1) is 12.2 Å². The summed E-state index contributed by atoms with van der Waals surface area (Å²) in [5.74, 6) is 0.319. The molecule has 4 nitrogen and oxygen atoms in total. The number of benzene rings is 1. The minimum absolute atomic E-state index is 0.316. The van der Waals surface area contributed by atoms with E-state index in [1.54, 1.807) is 0 Å². The number of carbonyl (C=O) groups is 1. The van der Waals surface area contributed by atoms with Crippen LogP contribution >= 0.6 is 23.6 Å². The number of nitrogens with one attached hydrogen (secondary N) is 1. The first-order valence-electron chi connectivity index (χ1n) is 9.00. The fraction of sp³-hybridized carbons (Fsp3) is 0.400. The highest BCUT2D eigenvalue weighted by Crippen LogP contribution is 2.36. The lowest BCUT2D eigenvalue weighted by atomic mass is 10.0. The zero-order chi connectivity index (χ0) is 18.5. The number of carbonyl (C=O) groups excluding carboxylic acids is 1. The van der Waals surface area contributed by atoms with Gasteiger partial charge in [-0.05, 0) is 49.5 Å². The molecule has 138 valence electrons. The van der Waals surface area contributed by atoms with Crippen molar-refractivity contribution in [1.82, 2.24) is 4.90 Å². The Morgan fingerprint density at radius 1 is 1.38 bits per heavy atom. The molecule has 0 unspecified atom stereocenters. The Balaban J connectivity index is 1.85. The number of nitrogens with zero attached hydrogens (tertiary/aromatic N) is 1. The van der Waals surface area contributed by atoms with Gasteiger partial charge in [0.25, 0.3) is 0 Å². The molecule has 1 atom stereocenters. The van der Waals surface area contributed by atoms with E-state index in [0.717, 1.165) is 35.0 Å². The number of hydrogen-bond donors (Lipinski definition) is 1. The highest BCUT2D eigenvalue weighted by Gasteiger charge is 2.22. The molecular weight excluding hydrogens is 364 g/mol. The van der Waals surface area contributed by atoms with E-state index in [-0.39, 0.29) is 5.97 Å². The summed E-state index contributed by atoms with van der Waals surface area (Å²) in [7, 11) is 0. The monoisotopic (exact) mass is 388 g/mol. The number of hydrogen-bond acceptors (Lipinski definition) is 4. The van der Waals surface area contributed by atoms with E-state index in [1.807, 2.05) is 43.3 Å².